The van der Waals surface area contributed by atoms with Crippen LogP contribution in [0.4, 0.5) is 0 Å². The zero-order chi connectivity index (χ0) is 18.9. The third kappa shape index (κ3) is 4.13. The van der Waals surface area contributed by atoms with Crippen molar-refractivity contribution in [1.29, 1.82) is 0 Å². The van der Waals surface area contributed by atoms with Gasteiger partial charge in [-0.15, -0.1) is 0 Å². The normalized spacial score (nSPS) is 17.0. The lowest BCUT2D eigenvalue weighted by Gasteiger charge is -2.24. The van der Waals surface area contributed by atoms with Crippen LogP contribution in [0.25, 0.3) is 0 Å². The lowest BCUT2D eigenvalue weighted by molar-refractivity contribution is -0.134. The van der Waals surface area contributed by atoms with E-state index in [2.05, 4.69) is 0 Å². The van der Waals surface area contributed by atoms with Crippen LogP contribution in [0.1, 0.15) is 31.4 Å². The van der Waals surface area contributed by atoms with E-state index in [1.165, 1.54) is 4.31 Å². The van der Waals surface area contributed by atoms with Gasteiger partial charge in [0.2, 0.25) is 15.9 Å². The number of aryl methyl sites for hydroxylation is 1. The van der Waals surface area contributed by atoms with Crippen molar-refractivity contribution in [2.75, 3.05) is 26.2 Å². The Morgan fingerprint density at radius 3 is 2.36 bits per heavy atom. The third-order valence-electron chi connectivity index (χ3n) is 4.45. The topological polar surface area (TPSA) is 57.7 Å². The van der Waals surface area contributed by atoms with Crippen LogP contribution in [0.15, 0.2) is 11.0 Å². The van der Waals surface area contributed by atoms with Gasteiger partial charge < -0.3 is 4.90 Å². The number of carbonyl (C=O) groups is 1. The number of nitrogens with zero attached hydrogens (tertiary/aromatic N) is 2. The lowest BCUT2D eigenvalue weighted by atomic mass is 10.2. The van der Waals surface area contributed by atoms with Crippen molar-refractivity contribution < 1.29 is 13.2 Å². The first kappa shape index (κ1) is 20.5. The van der Waals surface area contributed by atoms with Gasteiger partial charge in [0, 0.05) is 37.1 Å². The molecule has 1 amide bonds. The first-order valence-corrected chi connectivity index (χ1v) is 10.5. The van der Waals surface area contributed by atoms with Gasteiger partial charge in [-0.1, -0.05) is 37.0 Å². The lowest BCUT2D eigenvalue weighted by Crippen LogP contribution is -2.39. The molecule has 0 N–H and O–H groups in total. The number of hydrogen-bond donors (Lipinski definition) is 0. The van der Waals surface area contributed by atoms with Crippen LogP contribution in [-0.2, 0) is 14.8 Å². The fourth-order valence-electron chi connectivity index (χ4n) is 2.97. The second-order valence-electron chi connectivity index (χ2n) is 6.68. The van der Waals surface area contributed by atoms with E-state index in [9.17, 15) is 13.2 Å². The van der Waals surface area contributed by atoms with Gasteiger partial charge in [-0.3, -0.25) is 4.79 Å². The fourth-order valence-corrected chi connectivity index (χ4v) is 5.61. The molecule has 1 heterocycles. The molecule has 2 rings (SSSR count). The zero-order valence-electron chi connectivity index (χ0n) is 15.0. The minimum Gasteiger partial charge on any atom is -0.341 e. The molecule has 0 aliphatic carbocycles. The summed E-state index contributed by atoms with van der Waals surface area (Å²) < 4.78 is 27.8. The summed E-state index contributed by atoms with van der Waals surface area (Å²) in [5.41, 5.74) is 1.08. The van der Waals surface area contributed by atoms with Crippen molar-refractivity contribution in [3.05, 3.63) is 27.2 Å². The molecule has 0 spiro atoms. The molecule has 140 valence electrons. The van der Waals surface area contributed by atoms with Crippen LogP contribution in [-0.4, -0.2) is 49.7 Å². The smallest absolute Gasteiger partial charge is 0.244 e. The van der Waals surface area contributed by atoms with E-state index in [0.29, 0.717) is 42.2 Å². The van der Waals surface area contributed by atoms with Crippen molar-refractivity contribution >= 4 is 39.1 Å². The first-order valence-electron chi connectivity index (χ1n) is 8.31. The fraction of sp³-hybridized carbons (Fsp3) is 0.588. The molecule has 0 radical (unpaired) electrons. The maximum Gasteiger partial charge on any atom is 0.244 e. The van der Waals surface area contributed by atoms with E-state index >= 15 is 0 Å². The molecule has 1 aromatic rings. The molecule has 8 heteroatoms. The van der Waals surface area contributed by atoms with Crippen LogP contribution in [0.3, 0.4) is 0 Å². The Hall–Kier alpha value is -0.820. The Kier molecular flexibility index (Phi) is 6.41. The number of benzene rings is 1. The maximum absolute atomic E-state index is 13.2. The second-order valence-corrected chi connectivity index (χ2v) is 9.34. The molecule has 0 saturated carbocycles. The maximum atomic E-state index is 13.2. The van der Waals surface area contributed by atoms with Gasteiger partial charge in [0.1, 0.15) is 4.90 Å². The molecule has 0 bridgehead atoms. The molecule has 1 aliphatic heterocycles. The molecule has 0 aromatic heterocycles. The van der Waals surface area contributed by atoms with Gasteiger partial charge in [0.15, 0.2) is 0 Å². The highest BCUT2D eigenvalue weighted by molar-refractivity contribution is 7.89. The highest BCUT2D eigenvalue weighted by atomic mass is 35.5. The SMILES string of the molecule is Cc1cc(Cl)c(C)c(S(=O)(=O)N2CCCN(C(=O)C(C)C)CC2)c1Cl. The minimum absolute atomic E-state index is 0.0482. The number of rotatable bonds is 3. The quantitative estimate of drug-likeness (QED) is 0.771. The summed E-state index contributed by atoms with van der Waals surface area (Å²) in [6.07, 6.45) is 0.591. The third-order valence-corrected chi connectivity index (χ3v) is 7.51. The number of amides is 1. The summed E-state index contributed by atoms with van der Waals surface area (Å²) in [7, 11) is -3.78. The van der Waals surface area contributed by atoms with Crippen LogP contribution < -0.4 is 0 Å². The van der Waals surface area contributed by atoms with E-state index in [1.54, 1.807) is 24.8 Å². The monoisotopic (exact) mass is 406 g/mol. The van der Waals surface area contributed by atoms with Crippen molar-refractivity contribution in [2.24, 2.45) is 5.92 Å². The van der Waals surface area contributed by atoms with E-state index in [0.717, 1.165) is 0 Å². The molecule has 1 aliphatic rings. The van der Waals surface area contributed by atoms with Gasteiger partial charge in [-0.2, -0.15) is 4.31 Å². The molecule has 1 aromatic carbocycles. The van der Waals surface area contributed by atoms with Crippen LogP contribution >= 0.6 is 23.2 Å². The van der Waals surface area contributed by atoms with Crippen molar-refractivity contribution in [1.82, 2.24) is 9.21 Å². The highest BCUT2D eigenvalue weighted by Gasteiger charge is 2.32. The largest absolute Gasteiger partial charge is 0.341 e. The van der Waals surface area contributed by atoms with Gasteiger partial charge >= 0.3 is 0 Å². The van der Waals surface area contributed by atoms with Crippen LogP contribution in [0, 0.1) is 19.8 Å². The summed E-state index contributed by atoms with van der Waals surface area (Å²) in [5.74, 6) is -0.0533. The van der Waals surface area contributed by atoms with Crippen LogP contribution in [0.5, 0.6) is 0 Å². The number of carbonyl (C=O) groups excluding carboxylic acids is 1. The van der Waals surface area contributed by atoms with E-state index in [4.69, 9.17) is 23.2 Å². The summed E-state index contributed by atoms with van der Waals surface area (Å²) in [6.45, 7) is 8.63. The Balaban J connectivity index is 2.34. The number of halogens is 2. The minimum atomic E-state index is -3.78. The van der Waals surface area contributed by atoms with E-state index in [-0.39, 0.29) is 28.3 Å². The molecule has 5 nitrogen and oxygen atoms in total. The molecular weight excluding hydrogens is 383 g/mol. The van der Waals surface area contributed by atoms with E-state index in [1.807, 2.05) is 13.8 Å². The van der Waals surface area contributed by atoms with Gasteiger partial charge in [-0.05, 0) is 37.5 Å². The predicted molar refractivity (Wildman–Crippen MR) is 101 cm³/mol. The number of hydrogen-bond acceptors (Lipinski definition) is 3. The Morgan fingerprint density at radius 1 is 1.12 bits per heavy atom. The highest BCUT2D eigenvalue weighted by Crippen LogP contribution is 2.35. The zero-order valence-corrected chi connectivity index (χ0v) is 17.3. The van der Waals surface area contributed by atoms with E-state index < -0.39 is 10.0 Å². The molecule has 0 unspecified atom stereocenters. The molecule has 25 heavy (non-hydrogen) atoms. The summed E-state index contributed by atoms with van der Waals surface area (Å²) in [6, 6.07) is 1.67. The van der Waals surface area contributed by atoms with Crippen molar-refractivity contribution in [2.45, 2.75) is 39.0 Å². The molecule has 0 atom stereocenters. The van der Waals surface area contributed by atoms with Gasteiger partial charge in [0.05, 0.1) is 5.02 Å². The van der Waals surface area contributed by atoms with Crippen molar-refractivity contribution in [3.63, 3.8) is 0 Å². The van der Waals surface area contributed by atoms with Crippen molar-refractivity contribution in [3.8, 4) is 0 Å². The standard InChI is InChI=1S/C17H24Cl2N2O3S/c1-11(2)17(22)20-6-5-7-21(9-8-20)25(23,24)16-13(4)14(18)10-12(3)15(16)19/h10-11H,5-9H2,1-4H3. The average molecular weight is 407 g/mol. The first-order chi connectivity index (χ1) is 11.6. The second kappa shape index (κ2) is 7.82. The molecule has 1 fully saturated rings. The predicted octanol–water partition coefficient (Wildman–Crippen LogP) is 3.49. The summed E-state index contributed by atoms with van der Waals surface area (Å²) in [5, 5.41) is 0.591. The Labute approximate surface area is 159 Å². The molecular formula is C17H24Cl2N2O3S. The number of sulfonamides is 1. The van der Waals surface area contributed by atoms with Crippen LogP contribution in [0.2, 0.25) is 10.0 Å². The van der Waals surface area contributed by atoms with Gasteiger partial charge in [-0.25, -0.2) is 8.42 Å². The summed E-state index contributed by atoms with van der Waals surface area (Å²) in [4.78, 5) is 14.0. The average Bonchev–Trinajstić information content (AvgIpc) is 2.78. The summed E-state index contributed by atoms with van der Waals surface area (Å²) >= 11 is 12.5. The van der Waals surface area contributed by atoms with Gasteiger partial charge in [0.25, 0.3) is 0 Å². The molecule has 1 saturated heterocycles. The Morgan fingerprint density at radius 2 is 1.76 bits per heavy atom. The Bertz CT molecular complexity index is 752.